The fraction of sp³-hybridized carbons (Fsp3) is 0.190. The van der Waals surface area contributed by atoms with Gasteiger partial charge in [0.05, 0.1) is 5.41 Å². The van der Waals surface area contributed by atoms with E-state index in [2.05, 4.69) is 6.58 Å². The highest BCUT2D eigenvalue weighted by Gasteiger charge is 2.60. The SMILES string of the molecule is C=CCOC(=O)C(N)(C(=O)Oc1ccccc1)C(C)(C=O)c1ccccc1. The van der Waals surface area contributed by atoms with Crippen molar-refractivity contribution in [2.75, 3.05) is 6.61 Å². The summed E-state index contributed by atoms with van der Waals surface area (Å²) < 4.78 is 10.3. The number of hydrogen-bond donors (Lipinski definition) is 1. The average Bonchev–Trinajstić information content (AvgIpc) is 2.71. The molecular weight excluding hydrogens is 346 g/mol. The van der Waals surface area contributed by atoms with E-state index >= 15 is 0 Å². The maximum atomic E-state index is 13.0. The van der Waals surface area contributed by atoms with E-state index in [1.54, 1.807) is 48.5 Å². The van der Waals surface area contributed by atoms with Gasteiger partial charge in [-0.15, -0.1) is 0 Å². The Morgan fingerprint density at radius 2 is 1.59 bits per heavy atom. The molecule has 0 aliphatic heterocycles. The molecular formula is C21H21NO5. The molecule has 0 saturated carbocycles. The van der Waals surface area contributed by atoms with Crippen LogP contribution in [0.15, 0.2) is 73.3 Å². The number of esters is 2. The second-order valence-corrected chi connectivity index (χ2v) is 6.08. The third-order valence-corrected chi connectivity index (χ3v) is 4.36. The minimum absolute atomic E-state index is 0.167. The van der Waals surface area contributed by atoms with Crippen LogP contribution in [-0.4, -0.2) is 30.4 Å². The van der Waals surface area contributed by atoms with Gasteiger partial charge in [-0.05, 0) is 24.6 Å². The Balaban J connectivity index is 2.54. The summed E-state index contributed by atoms with van der Waals surface area (Å²) in [5, 5.41) is 0. The molecule has 0 aliphatic rings. The molecule has 2 unspecified atom stereocenters. The predicted molar refractivity (Wildman–Crippen MR) is 100 cm³/mol. The molecule has 0 amide bonds. The van der Waals surface area contributed by atoms with Crippen LogP contribution in [0, 0.1) is 0 Å². The largest absolute Gasteiger partial charge is 0.460 e. The van der Waals surface area contributed by atoms with E-state index in [-0.39, 0.29) is 12.4 Å². The minimum Gasteiger partial charge on any atom is -0.460 e. The maximum Gasteiger partial charge on any atom is 0.344 e. The predicted octanol–water partition coefficient (Wildman–Crippen LogP) is 2.18. The van der Waals surface area contributed by atoms with E-state index in [1.165, 1.54) is 25.1 Å². The van der Waals surface area contributed by atoms with Gasteiger partial charge in [0.25, 0.3) is 0 Å². The number of carbonyl (C=O) groups excluding carboxylic acids is 3. The molecule has 6 nitrogen and oxygen atoms in total. The third kappa shape index (κ3) is 3.80. The summed E-state index contributed by atoms with van der Waals surface area (Å²) in [6, 6.07) is 16.4. The standard InChI is InChI=1S/C21H21NO5/c1-3-14-26-18(24)21(22,19(25)27-17-12-8-5-9-13-17)20(2,15-23)16-10-6-4-7-11-16/h3-13,15H,1,14,22H2,2H3. The summed E-state index contributed by atoms with van der Waals surface area (Å²) in [7, 11) is 0. The first-order valence-electron chi connectivity index (χ1n) is 8.26. The molecule has 0 spiro atoms. The Morgan fingerprint density at radius 3 is 2.11 bits per heavy atom. The Kier molecular flexibility index (Phi) is 6.26. The summed E-state index contributed by atoms with van der Waals surface area (Å²) in [5.74, 6) is -1.99. The number of ether oxygens (including phenoxy) is 2. The lowest BCUT2D eigenvalue weighted by atomic mass is 9.67. The fourth-order valence-electron chi connectivity index (χ4n) is 2.60. The Labute approximate surface area is 157 Å². The Bertz CT molecular complexity index is 821. The highest BCUT2D eigenvalue weighted by Crippen LogP contribution is 2.34. The lowest BCUT2D eigenvalue weighted by molar-refractivity contribution is -0.164. The molecule has 6 heteroatoms. The molecule has 27 heavy (non-hydrogen) atoms. The topological polar surface area (TPSA) is 95.7 Å². The van der Waals surface area contributed by atoms with Gasteiger partial charge in [-0.3, -0.25) is 0 Å². The van der Waals surface area contributed by atoms with Gasteiger partial charge < -0.3 is 20.0 Å². The molecule has 0 aliphatic carbocycles. The van der Waals surface area contributed by atoms with Gasteiger partial charge in [-0.1, -0.05) is 61.2 Å². The number of benzene rings is 2. The van der Waals surface area contributed by atoms with Crippen LogP contribution in [0.5, 0.6) is 5.75 Å². The van der Waals surface area contributed by atoms with Crippen molar-refractivity contribution in [2.24, 2.45) is 5.73 Å². The van der Waals surface area contributed by atoms with Crippen molar-refractivity contribution in [3.63, 3.8) is 0 Å². The zero-order valence-corrected chi connectivity index (χ0v) is 15.0. The van der Waals surface area contributed by atoms with Crippen LogP contribution in [-0.2, 0) is 24.5 Å². The van der Waals surface area contributed by atoms with E-state index in [0.717, 1.165) is 0 Å². The lowest BCUT2D eigenvalue weighted by Gasteiger charge is -2.38. The van der Waals surface area contributed by atoms with Crippen LogP contribution in [0.1, 0.15) is 12.5 Å². The summed E-state index contributed by atoms with van der Waals surface area (Å²) in [6.07, 6.45) is 1.80. The molecule has 2 aromatic rings. The zero-order valence-electron chi connectivity index (χ0n) is 15.0. The fourth-order valence-corrected chi connectivity index (χ4v) is 2.60. The van der Waals surface area contributed by atoms with Gasteiger partial charge in [-0.25, -0.2) is 9.59 Å². The molecule has 0 bridgehead atoms. The number of hydrogen-bond acceptors (Lipinski definition) is 6. The summed E-state index contributed by atoms with van der Waals surface area (Å²) in [6.45, 7) is 4.70. The molecule has 0 radical (unpaired) electrons. The van der Waals surface area contributed by atoms with E-state index in [4.69, 9.17) is 15.2 Å². The highest BCUT2D eigenvalue weighted by molar-refractivity contribution is 6.11. The number of carbonyl (C=O) groups is 3. The lowest BCUT2D eigenvalue weighted by Crippen LogP contribution is -2.69. The van der Waals surface area contributed by atoms with Crippen LogP contribution in [0.4, 0.5) is 0 Å². The molecule has 2 aromatic carbocycles. The van der Waals surface area contributed by atoms with Gasteiger partial charge >= 0.3 is 11.9 Å². The maximum absolute atomic E-state index is 13.0. The molecule has 2 atom stereocenters. The van der Waals surface area contributed by atoms with Crippen molar-refractivity contribution < 1.29 is 23.9 Å². The first-order valence-corrected chi connectivity index (χ1v) is 8.26. The van der Waals surface area contributed by atoms with Crippen LogP contribution in [0.2, 0.25) is 0 Å². The number of nitrogens with two attached hydrogens (primary N) is 1. The van der Waals surface area contributed by atoms with Crippen molar-refractivity contribution in [1.82, 2.24) is 0 Å². The van der Waals surface area contributed by atoms with Crippen molar-refractivity contribution in [3.8, 4) is 5.75 Å². The minimum atomic E-state index is -2.41. The number of rotatable bonds is 8. The molecule has 2 N–H and O–H groups in total. The average molecular weight is 367 g/mol. The van der Waals surface area contributed by atoms with Crippen molar-refractivity contribution >= 4 is 18.2 Å². The van der Waals surface area contributed by atoms with Crippen LogP contribution in [0.3, 0.4) is 0 Å². The van der Waals surface area contributed by atoms with E-state index in [0.29, 0.717) is 11.8 Å². The van der Waals surface area contributed by atoms with Gasteiger partial charge in [0.1, 0.15) is 18.6 Å². The second kappa shape index (κ2) is 8.42. The van der Waals surface area contributed by atoms with E-state index < -0.39 is 22.9 Å². The first-order chi connectivity index (χ1) is 12.9. The van der Waals surface area contributed by atoms with Gasteiger partial charge in [0, 0.05) is 0 Å². The van der Waals surface area contributed by atoms with Crippen molar-refractivity contribution in [3.05, 3.63) is 78.9 Å². The van der Waals surface area contributed by atoms with E-state index in [1.807, 2.05) is 0 Å². The summed E-state index contributed by atoms with van der Waals surface area (Å²) >= 11 is 0. The molecule has 0 heterocycles. The van der Waals surface area contributed by atoms with Crippen LogP contribution >= 0.6 is 0 Å². The van der Waals surface area contributed by atoms with Crippen LogP contribution < -0.4 is 10.5 Å². The molecule has 0 fully saturated rings. The van der Waals surface area contributed by atoms with Crippen molar-refractivity contribution in [2.45, 2.75) is 17.9 Å². The van der Waals surface area contributed by atoms with Crippen LogP contribution in [0.25, 0.3) is 0 Å². The van der Waals surface area contributed by atoms with Crippen molar-refractivity contribution in [1.29, 1.82) is 0 Å². The Morgan fingerprint density at radius 1 is 1.04 bits per heavy atom. The Hall–Kier alpha value is -3.25. The monoisotopic (exact) mass is 367 g/mol. The zero-order chi connectivity index (χ0) is 19.9. The number of aldehydes is 1. The van der Waals surface area contributed by atoms with Gasteiger partial charge in [0.2, 0.25) is 5.54 Å². The molecule has 140 valence electrons. The van der Waals surface area contributed by atoms with E-state index in [9.17, 15) is 14.4 Å². The normalized spacial score (nSPS) is 14.9. The van der Waals surface area contributed by atoms with Gasteiger partial charge in [-0.2, -0.15) is 0 Å². The summed E-state index contributed by atoms with van der Waals surface area (Å²) in [4.78, 5) is 37.9. The smallest absolute Gasteiger partial charge is 0.344 e. The number of para-hydroxylation sites is 1. The molecule has 0 saturated heterocycles. The second-order valence-electron chi connectivity index (χ2n) is 6.08. The molecule has 0 aromatic heterocycles. The third-order valence-electron chi connectivity index (χ3n) is 4.36. The quantitative estimate of drug-likeness (QED) is 0.253. The van der Waals surface area contributed by atoms with Gasteiger partial charge in [0.15, 0.2) is 0 Å². The highest BCUT2D eigenvalue weighted by atomic mass is 16.6. The first kappa shape index (κ1) is 20.1. The summed E-state index contributed by atoms with van der Waals surface area (Å²) in [5.41, 5.74) is 2.53. The molecule has 2 rings (SSSR count).